The standard InChI is InChI=1S/C14H19NO2S/c16-8-3-9-18-11-14(17)15-7-6-12-4-1-2-5-13(12)10-15/h1-2,4-5,16H,3,6-11H2. The van der Waals surface area contributed by atoms with E-state index in [1.807, 2.05) is 11.0 Å². The van der Waals surface area contributed by atoms with E-state index in [0.29, 0.717) is 5.75 Å². The molecule has 0 fully saturated rings. The zero-order valence-electron chi connectivity index (χ0n) is 10.5. The summed E-state index contributed by atoms with van der Waals surface area (Å²) in [4.78, 5) is 14.0. The molecule has 0 spiro atoms. The number of hydrogen-bond acceptors (Lipinski definition) is 3. The molecular weight excluding hydrogens is 246 g/mol. The second-order valence-corrected chi connectivity index (χ2v) is 5.57. The van der Waals surface area contributed by atoms with Crippen LogP contribution in [-0.4, -0.2) is 40.6 Å². The first-order valence-corrected chi connectivity index (χ1v) is 7.50. The Bertz CT molecular complexity index is 409. The van der Waals surface area contributed by atoms with E-state index in [1.165, 1.54) is 11.1 Å². The molecule has 1 N–H and O–H groups in total. The van der Waals surface area contributed by atoms with Crippen molar-refractivity contribution in [2.75, 3.05) is 24.7 Å². The number of carbonyl (C=O) groups excluding carboxylic acids is 1. The van der Waals surface area contributed by atoms with Crippen LogP contribution in [0.2, 0.25) is 0 Å². The quantitative estimate of drug-likeness (QED) is 0.824. The third-order valence-corrected chi connectivity index (χ3v) is 4.18. The second-order valence-electron chi connectivity index (χ2n) is 4.46. The van der Waals surface area contributed by atoms with Crippen molar-refractivity contribution >= 4 is 17.7 Å². The predicted octanol–water partition coefficient (Wildman–Crippen LogP) is 1.69. The highest BCUT2D eigenvalue weighted by molar-refractivity contribution is 7.99. The average molecular weight is 265 g/mol. The molecule has 2 rings (SSSR count). The number of rotatable bonds is 5. The summed E-state index contributed by atoms with van der Waals surface area (Å²) in [6.45, 7) is 1.78. The number of hydrogen-bond donors (Lipinski definition) is 1. The summed E-state index contributed by atoms with van der Waals surface area (Å²) in [5.74, 6) is 1.60. The third kappa shape index (κ3) is 3.50. The minimum Gasteiger partial charge on any atom is -0.396 e. The summed E-state index contributed by atoms with van der Waals surface area (Å²) in [5, 5.41) is 8.68. The van der Waals surface area contributed by atoms with Gasteiger partial charge in [0.1, 0.15) is 0 Å². The van der Waals surface area contributed by atoms with E-state index in [1.54, 1.807) is 11.8 Å². The summed E-state index contributed by atoms with van der Waals surface area (Å²) in [6, 6.07) is 8.34. The van der Waals surface area contributed by atoms with E-state index < -0.39 is 0 Å². The van der Waals surface area contributed by atoms with Gasteiger partial charge in [0, 0.05) is 19.7 Å². The fourth-order valence-electron chi connectivity index (χ4n) is 2.13. The van der Waals surface area contributed by atoms with Crippen molar-refractivity contribution in [3.63, 3.8) is 0 Å². The second kappa shape index (κ2) is 6.81. The molecule has 0 saturated heterocycles. The van der Waals surface area contributed by atoms with Crippen molar-refractivity contribution in [2.24, 2.45) is 0 Å². The van der Waals surface area contributed by atoms with Crippen molar-refractivity contribution in [3.05, 3.63) is 35.4 Å². The number of carbonyl (C=O) groups is 1. The Labute approximate surface area is 112 Å². The van der Waals surface area contributed by atoms with E-state index in [2.05, 4.69) is 18.2 Å². The highest BCUT2D eigenvalue weighted by Gasteiger charge is 2.19. The average Bonchev–Trinajstić information content (AvgIpc) is 2.43. The monoisotopic (exact) mass is 265 g/mol. The van der Waals surface area contributed by atoms with E-state index in [0.717, 1.165) is 31.7 Å². The van der Waals surface area contributed by atoms with E-state index in [-0.39, 0.29) is 12.5 Å². The third-order valence-electron chi connectivity index (χ3n) is 3.16. The van der Waals surface area contributed by atoms with Crippen LogP contribution in [0, 0.1) is 0 Å². The lowest BCUT2D eigenvalue weighted by Crippen LogP contribution is -2.37. The predicted molar refractivity (Wildman–Crippen MR) is 74.6 cm³/mol. The number of fused-ring (bicyclic) bond motifs is 1. The number of aliphatic hydroxyl groups is 1. The van der Waals surface area contributed by atoms with E-state index in [9.17, 15) is 4.79 Å². The Kier molecular flexibility index (Phi) is 5.08. The van der Waals surface area contributed by atoms with Gasteiger partial charge in [-0.1, -0.05) is 24.3 Å². The maximum Gasteiger partial charge on any atom is 0.232 e. The van der Waals surface area contributed by atoms with Crippen molar-refractivity contribution in [3.8, 4) is 0 Å². The molecule has 0 bridgehead atoms. The molecule has 1 aliphatic rings. The number of thioether (sulfide) groups is 1. The Morgan fingerprint density at radius 3 is 2.89 bits per heavy atom. The minimum atomic E-state index is 0.207. The van der Waals surface area contributed by atoms with Crippen LogP contribution < -0.4 is 0 Å². The molecule has 0 saturated carbocycles. The van der Waals surface area contributed by atoms with Gasteiger partial charge in [-0.3, -0.25) is 4.79 Å². The summed E-state index contributed by atoms with van der Waals surface area (Å²) in [6.07, 6.45) is 1.73. The topological polar surface area (TPSA) is 40.5 Å². The smallest absolute Gasteiger partial charge is 0.232 e. The van der Waals surface area contributed by atoms with Crippen LogP contribution in [0.15, 0.2) is 24.3 Å². The van der Waals surface area contributed by atoms with Gasteiger partial charge in [-0.05, 0) is 29.7 Å². The largest absolute Gasteiger partial charge is 0.396 e. The summed E-state index contributed by atoms with van der Waals surface area (Å²) < 4.78 is 0. The molecule has 0 unspecified atom stereocenters. The Morgan fingerprint density at radius 1 is 1.33 bits per heavy atom. The van der Waals surface area contributed by atoms with Gasteiger partial charge < -0.3 is 10.0 Å². The van der Waals surface area contributed by atoms with E-state index >= 15 is 0 Å². The number of nitrogens with zero attached hydrogens (tertiary/aromatic N) is 1. The Morgan fingerprint density at radius 2 is 2.11 bits per heavy atom. The Hall–Kier alpha value is -1.00. The normalized spacial score (nSPS) is 14.4. The first-order valence-electron chi connectivity index (χ1n) is 6.34. The summed E-state index contributed by atoms with van der Waals surface area (Å²) in [5.41, 5.74) is 2.65. The van der Waals surface area contributed by atoms with Crippen LogP contribution in [-0.2, 0) is 17.8 Å². The molecule has 1 aromatic carbocycles. The molecule has 0 aliphatic carbocycles. The highest BCUT2D eigenvalue weighted by atomic mass is 32.2. The molecule has 1 amide bonds. The van der Waals surface area contributed by atoms with Crippen LogP contribution >= 0.6 is 11.8 Å². The van der Waals surface area contributed by atoms with E-state index in [4.69, 9.17) is 5.11 Å². The Balaban J connectivity index is 1.83. The first-order chi connectivity index (χ1) is 8.81. The van der Waals surface area contributed by atoms with Crippen molar-refractivity contribution in [1.82, 2.24) is 4.90 Å². The zero-order chi connectivity index (χ0) is 12.8. The zero-order valence-corrected chi connectivity index (χ0v) is 11.3. The number of amides is 1. The molecular formula is C14H19NO2S. The van der Waals surface area contributed by atoms with Gasteiger partial charge in [-0.25, -0.2) is 0 Å². The maximum absolute atomic E-state index is 12.0. The van der Waals surface area contributed by atoms with Gasteiger partial charge in [-0.2, -0.15) is 11.8 Å². The molecule has 1 aliphatic heterocycles. The number of aliphatic hydroxyl groups excluding tert-OH is 1. The number of benzene rings is 1. The molecule has 0 aromatic heterocycles. The molecule has 0 radical (unpaired) electrons. The van der Waals surface area contributed by atoms with Crippen LogP contribution in [0.4, 0.5) is 0 Å². The molecule has 18 heavy (non-hydrogen) atoms. The molecule has 1 heterocycles. The van der Waals surface area contributed by atoms with Gasteiger partial charge in [0.05, 0.1) is 5.75 Å². The fraction of sp³-hybridized carbons (Fsp3) is 0.500. The van der Waals surface area contributed by atoms with Crippen molar-refractivity contribution in [1.29, 1.82) is 0 Å². The lowest BCUT2D eigenvalue weighted by atomic mass is 10.00. The van der Waals surface area contributed by atoms with Gasteiger partial charge in [0.15, 0.2) is 0 Å². The summed E-state index contributed by atoms with van der Waals surface area (Å²) >= 11 is 1.61. The lowest BCUT2D eigenvalue weighted by molar-refractivity contribution is -0.129. The van der Waals surface area contributed by atoms with Crippen LogP contribution in [0.25, 0.3) is 0 Å². The van der Waals surface area contributed by atoms with Gasteiger partial charge >= 0.3 is 0 Å². The molecule has 1 aromatic rings. The lowest BCUT2D eigenvalue weighted by Gasteiger charge is -2.28. The summed E-state index contributed by atoms with van der Waals surface area (Å²) in [7, 11) is 0. The van der Waals surface area contributed by atoms with Crippen molar-refractivity contribution < 1.29 is 9.90 Å². The minimum absolute atomic E-state index is 0.207. The first kappa shape index (κ1) is 13.4. The molecule has 3 nitrogen and oxygen atoms in total. The van der Waals surface area contributed by atoms with Crippen LogP contribution in [0.5, 0.6) is 0 Å². The molecule has 4 heteroatoms. The van der Waals surface area contributed by atoms with Gasteiger partial charge in [0.25, 0.3) is 0 Å². The van der Waals surface area contributed by atoms with Crippen molar-refractivity contribution in [2.45, 2.75) is 19.4 Å². The SMILES string of the molecule is O=C(CSCCCO)N1CCc2ccccc2C1. The molecule has 0 atom stereocenters. The van der Waals surface area contributed by atoms with Gasteiger partial charge in [0.2, 0.25) is 5.91 Å². The maximum atomic E-state index is 12.0. The highest BCUT2D eigenvalue weighted by Crippen LogP contribution is 2.19. The fourth-order valence-corrected chi connectivity index (χ4v) is 2.96. The van der Waals surface area contributed by atoms with Gasteiger partial charge in [-0.15, -0.1) is 0 Å². The molecule has 98 valence electrons. The van der Waals surface area contributed by atoms with Crippen LogP contribution in [0.3, 0.4) is 0 Å². The van der Waals surface area contributed by atoms with Crippen LogP contribution in [0.1, 0.15) is 17.5 Å².